The Balaban J connectivity index is 1.92. The van der Waals surface area contributed by atoms with Crippen LogP contribution in [0, 0.1) is 0 Å². The number of carbonyl (C=O) groups excluding carboxylic acids is 2. The summed E-state index contributed by atoms with van der Waals surface area (Å²) >= 11 is 0. The fourth-order valence-electron chi connectivity index (χ4n) is 2.55. The Labute approximate surface area is 147 Å². The van der Waals surface area contributed by atoms with Gasteiger partial charge in [0.15, 0.2) is 0 Å². The van der Waals surface area contributed by atoms with Crippen LogP contribution in [0.1, 0.15) is 51.2 Å². The van der Waals surface area contributed by atoms with Crippen LogP contribution in [0.2, 0.25) is 0 Å². The molecule has 1 aromatic rings. The number of rotatable bonds is 5. The van der Waals surface area contributed by atoms with Crippen LogP contribution in [0.5, 0.6) is 0 Å². The quantitative estimate of drug-likeness (QED) is 0.852. The van der Waals surface area contributed by atoms with Crippen LogP contribution in [0.15, 0.2) is 18.2 Å². The van der Waals surface area contributed by atoms with Crippen molar-refractivity contribution in [2.45, 2.75) is 58.7 Å². The lowest BCUT2D eigenvalue weighted by atomic mass is 10.1. The van der Waals surface area contributed by atoms with Gasteiger partial charge >= 0.3 is 12.1 Å². The summed E-state index contributed by atoms with van der Waals surface area (Å²) in [4.78, 5) is 36.1. The number of nitrogens with one attached hydrogen (secondary N) is 1. The molecule has 0 saturated carbocycles. The lowest BCUT2D eigenvalue weighted by Gasteiger charge is -2.24. The zero-order chi connectivity index (χ0) is 18.6. The molecule has 7 nitrogen and oxygen atoms in total. The highest BCUT2D eigenvalue weighted by Gasteiger charge is 2.27. The molecule has 0 aliphatic carbocycles. The van der Waals surface area contributed by atoms with Crippen molar-refractivity contribution in [2.24, 2.45) is 0 Å². The van der Waals surface area contributed by atoms with Crippen LogP contribution in [-0.2, 0) is 27.4 Å². The largest absolute Gasteiger partial charge is 0.481 e. The summed E-state index contributed by atoms with van der Waals surface area (Å²) < 4.78 is 5.38. The van der Waals surface area contributed by atoms with Crippen molar-refractivity contribution < 1.29 is 24.2 Å². The molecule has 7 heteroatoms. The van der Waals surface area contributed by atoms with Gasteiger partial charge in [-0.3, -0.25) is 14.5 Å². The molecule has 0 unspecified atom stereocenters. The second-order valence-corrected chi connectivity index (χ2v) is 7.12. The number of aliphatic carboxylic acids is 1. The molecular weight excluding hydrogens is 324 g/mol. The number of hydrogen-bond donors (Lipinski definition) is 2. The number of carboxylic acid groups (broad SMARTS) is 1. The SMILES string of the molecule is CC(C)(C)OC(=O)N1Cc2ccc(NC(=O)CCCC(=O)O)cc2C1. The Bertz CT molecular complexity index is 679. The molecule has 1 aliphatic rings. The second-order valence-electron chi connectivity index (χ2n) is 7.12. The smallest absolute Gasteiger partial charge is 0.410 e. The average Bonchev–Trinajstić information content (AvgIpc) is 2.88. The summed E-state index contributed by atoms with van der Waals surface area (Å²) in [5, 5.41) is 11.3. The highest BCUT2D eigenvalue weighted by atomic mass is 16.6. The number of benzene rings is 1. The van der Waals surface area contributed by atoms with E-state index in [2.05, 4.69) is 5.32 Å². The monoisotopic (exact) mass is 348 g/mol. The van der Waals surface area contributed by atoms with E-state index in [1.165, 1.54) is 0 Å². The highest BCUT2D eigenvalue weighted by molar-refractivity contribution is 5.91. The summed E-state index contributed by atoms with van der Waals surface area (Å²) in [5.41, 5.74) is 2.09. The van der Waals surface area contributed by atoms with Gasteiger partial charge in [-0.05, 0) is 50.5 Å². The van der Waals surface area contributed by atoms with Crippen molar-refractivity contribution in [3.63, 3.8) is 0 Å². The summed E-state index contributed by atoms with van der Waals surface area (Å²) in [6.45, 7) is 6.40. The summed E-state index contributed by atoms with van der Waals surface area (Å²) in [7, 11) is 0. The molecule has 1 aliphatic heterocycles. The molecule has 0 atom stereocenters. The highest BCUT2D eigenvalue weighted by Crippen LogP contribution is 2.27. The number of ether oxygens (including phenoxy) is 1. The molecule has 136 valence electrons. The maximum Gasteiger partial charge on any atom is 0.410 e. The topological polar surface area (TPSA) is 95.9 Å². The van der Waals surface area contributed by atoms with E-state index in [1.54, 1.807) is 11.0 Å². The molecule has 0 aromatic heterocycles. The third kappa shape index (κ3) is 5.77. The summed E-state index contributed by atoms with van der Waals surface area (Å²) in [5.74, 6) is -1.13. The predicted molar refractivity (Wildman–Crippen MR) is 92.0 cm³/mol. The van der Waals surface area contributed by atoms with E-state index < -0.39 is 11.6 Å². The molecule has 2 amide bonds. The first-order chi connectivity index (χ1) is 11.6. The van der Waals surface area contributed by atoms with Gasteiger partial charge in [0.2, 0.25) is 5.91 Å². The molecule has 0 bridgehead atoms. The van der Waals surface area contributed by atoms with Crippen molar-refractivity contribution in [3.05, 3.63) is 29.3 Å². The van der Waals surface area contributed by atoms with E-state index in [0.29, 0.717) is 25.2 Å². The fourth-order valence-corrected chi connectivity index (χ4v) is 2.55. The van der Waals surface area contributed by atoms with Crippen LogP contribution in [0.25, 0.3) is 0 Å². The van der Waals surface area contributed by atoms with Crippen molar-refractivity contribution in [3.8, 4) is 0 Å². The van der Waals surface area contributed by atoms with Crippen molar-refractivity contribution >= 4 is 23.7 Å². The minimum Gasteiger partial charge on any atom is -0.481 e. The number of fused-ring (bicyclic) bond motifs is 1. The van der Waals surface area contributed by atoms with Crippen molar-refractivity contribution in [2.75, 3.05) is 5.32 Å². The van der Waals surface area contributed by atoms with Crippen molar-refractivity contribution in [1.29, 1.82) is 0 Å². The number of anilines is 1. The van der Waals surface area contributed by atoms with Crippen LogP contribution in [0.3, 0.4) is 0 Å². The number of carbonyl (C=O) groups is 3. The number of hydrogen-bond acceptors (Lipinski definition) is 4. The van der Waals surface area contributed by atoms with E-state index in [4.69, 9.17) is 9.84 Å². The lowest BCUT2D eigenvalue weighted by molar-refractivity contribution is -0.137. The average molecular weight is 348 g/mol. The Hall–Kier alpha value is -2.57. The zero-order valence-corrected chi connectivity index (χ0v) is 14.8. The molecule has 2 N–H and O–H groups in total. The van der Waals surface area contributed by atoms with Crippen molar-refractivity contribution in [1.82, 2.24) is 4.90 Å². The van der Waals surface area contributed by atoms with Crippen LogP contribution >= 0.6 is 0 Å². The molecular formula is C18H24N2O5. The van der Waals surface area contributed by atoms with Crippen LogP contribution < -0.4 is 5.32 Å². The maximum absolute atomic E-state index is 12.2. The van der Waals surface area contributed by atoms with Gasteiger partial charge in [0, 0.05) is 31.6 Å². The number of nitrogens with zero attached hydrogens (tertiary/aromatic N) is 1. The predicted octanol–water partition coefficient (Wildman–Crippen LogP) is 3.13. The van der Waals surface area contributed by atoms with Gasteiger partial charge in [-0.1, -0.05) is 6.07 Å². The standard InChI is InChI=1S/C18H24N2O5/c1-18(2,3)25-17(24)20-10-12-7-8-14(9-13(12)11-20)19-15(21)5-4-6-16(22)23/h7-9H,4-6,10-11H2,1-3H3,(H,19,21)(H,22,23). The molecule has 0 radical (unpaired) electrons. The lowest BCUT2D eigenvalue weighted by Crippen LogP contribution is -2.33. The minimum absolute atomic E-state index is 0.0253. The van der Waals surface area contributed by atoms with Crippen LogP contribution in [-0.4, -0.2) is 33.6 Å². The number of amides is 2. The van der Waals surface area contributed by atoms with Gasteiger partial charge < -0.3 is 15.2 Å². The molecule has 2 rings (SSSR count). The Kier molecular flexibility index (Phi) is 5.66. The van der Waals surface area contributed by atoms with E-state index >= 15 is 0 Å². The Morgan fingerprint density at radius 3 is 2.48 bits per heavy atom. The molecule has 1 heterocycles. The summed E-state index contributed by atoms with van der Waals surface area (Å²) in [6.07, 6.45) is 0.0805. The zero-order valence-electron chi connectivity index (χ0n) is 14.8. The Morgan fingerprint density at radius 2 is 1.84 bits per heavy atom. The third-order valence-electron chi connectivity index (χ3n) is 3.66. The van der Waals surface area contributed by atoms with Gasteiger partial charge in [-0.15, -0.1) is 0 Å². The molecule has 0 spiro atoms. The van der Waals surface area contributed by atoms with E-state index in [1.807, 2.05) is 32.9 Å². The Morgan fingerprint density at radius 1 is 1.16 bits per heavy atom. The van der Waals surface area contributed by atoms with E-state index in [9.17, 15) is 14.4 Å². The first kappa shape index (κ1) is 18.8. The van der Waals surface area contributed by atoms with E-state index in [0.717, 1.165) is 11.1 Å². The van der Waals surface area contributed by atoms with Gasteiger partial charge in [-0.25, -0.2) is 4.79 Å². The number of carboxylic acids is 1. The normalized spacial score (nSPS) is 13.3. The van der Waals surface area contributed by atoms with Gasteiger partial charge in [0.1, 0.15) is 5.60 Å². The van der Waals surface area contributed by atoms with E-state index in [-0.39, 0.29) is 24.8 Å². The summed E-state index contributed by atoms with van der Waals surface area (Å²) in [6, 6.07) is 5.51. The molecule has 1 aromatic carbocycles. The minimum atomic E-state index is -0.910. The third-order valence-corrected chi connectivity index (χ3v) is 3.66. The van der Waals surface area contributed by atoms with Gasteiger partial charge in [0.25, 0.3) is 0 Å². The van der Waals surface area contributed by atoms with Gasteiger partial charge in [0.05, 0.1) is 0 Å². The maximum atomic E-state index is 12.2. The van der Waals surface area contributed by atoms with Crippen LogP contribution in [0.4, 0.5) is 10.5 Å². The first-order valence-corrected chi connectivity index (χ1v) is 8.25. The second kappa shape index (κ2) is 7.55. The van der Waals surface area contributed by atoms with Gasteiger partial charge in [-0.2, -0.15) is 0 Å². The first-order valence-electron chi connectivity index (χ1n) is 8.25. The molecule has 0 saturated heterocycles. The molecule has 0 fully saturated rings. The molecule has 25 heavy (non-hydrogen) atoms. The fraction of sp³-hybridized carbons (Fsp3) is 0.500.